The van der Waals surface area contributed by atoms with Crippen LogP contribution in [0.1, 0.15) is 96.8 Å². The Bertz CT molecular complexity index is 246. The quantitative estimate of drug-likeness (QED) is 0.342. The summed E-state index contributed by atoms with van der Waals surface area (Å²) in [7, 11) is 0. The molecule has 0 radical (unpaired) electrons. The predicted octanol–water partition coefficient (Wildman–Crippen LogP) is 5.68. The van der Waals surface area contributed by atoms with Gasteiger partial charge in [0.05, 0.1) is 0 Å². The molecule has 0 unspecified atom stereocenters. The average molecular weight is 296 g/mol. The smallest absolute Gasteiger partial charge is 0.158 e. The Morgan fingerprint density at radius 3 is 1.90 bits per heavy atom. The first-order chi connectivity index (χ1) is 10.3. The third-order valence-electron chi connectivity index (χ3n) is 4.37. The van der Waals surface area contributed by atoms with E-state index >= 15 is 0 Å². The Hall–Kier alpha value is -0.370. The van der Waals surface area contributed by atoms with Gasteiger partial charge in [0.15, 0.2) is 5.78 Å². The number of unbranched alkanes of at least 4 members (excludes halogenated alkanes) is 10. The maximum Gasteiger partial charge on any atom is 0.158 e. The molecule has 1 saturated carbocycles. The molecule has 2 nitrogen and oxygen atoms in total. The van der Waals surface area contributed by atoms with Crippen molar-refractivity contribution in [1.29, 1.82) is 0 Å². The van der Waals surface area contributed by atoms with Gasteiger partial charge in [-0.1, -0.05) is 71.1 Å². The maximum atomic E-state index is 11.6. The first kappa shape index (κ1) is 18.7. The maximum absolute atomic E-state index is 11.6. The van der Waals surface area contributed by atoms with Crippen molar-refractivity contribution in [2.75, 3.05) is 13.2 Å². The van der Waals surface area contributed by atoms with Crippen LogP contribution in [0.2, 0.25) is 0 Å². The number of Topliss-reactive ketones (excluding diaryl/α,β-unsaturated/α-hetero) is 1. The molecule has 0 aromatic rings. The lowest BCUT2D eigenvalue weighted by molar-refractivity contribution is -0.123. The SMILES string of the molecule is CCCCCCCCCCCCCC(=O)COCC1CC1. The predicted molar refractivity (Wildman–Crippen MR) is 89.6 cm³/mol. The van der Waals surface area contributed by atoms with Gasteiger partial charge in [-0.15, -0.1) is 0 Å². The minimum atomic E-state index is 0.298. The van der Waals surface area contributed by atoms with E-state index in [0.29, 0.717) is 12.4 Å². The van der Waals surface area contributed by atoms with Gasteiger partial charge in [0.2, 0.25) is 0 Å². The van der Waals surface area contributed by atoms with Crippen molar-refractivity contribution in [2.45, 2.75) is 96.8 Å². The van der Waals surface area contributed by atoms with Gasteiger partial charge in [0.1, 0.15) is 6.61 Å². The van der Waals surface area contributed by atoms with E-state index in [-0.39, 0.29) is 0 Å². The summed E-state index contributed by atoms with van der Waals surface area (Å²) in [6.07, 6.45) is 18.0. The fraction of sp³-hybridized carbons (Fsp3) is 0.947. The first-order valence-electron chi connectivity index (χ1n) is 9.42. The Balaban J connectivity index is 1.70. The molecular formula is C19H36O2. The van der Waals surface area contributed by atoms with Crippen molar-refractivity contribution in [2.24, 2.45) is 5.92 Å². The Morgan fingerprint density at radius 2 is 1.38 bits per heavy atom. The standard InChI is InChI=1S/C19H36O2/c1-2-3-4-5-6-7-8-9-10-11-12-13-19(20)17-21-16-18-14-15-18/h18H,2-17H2,1H3. The molecule has 0 aromatic heterocycles. The highest BCUT2D eigenvalue weighted by atomic mass is 16.5. The summed E-state index contributed by atoms with van der Waals surface area (Å²) in [5, 5.41) is 0. The van der Waals surface area contributed by atoms with E-state index in [2.05, 4.69) is 6.92 Å². The third-order valence-corrected chi connectivity index (χ3v) is 4.37. The lowest BCUT2D eigenvalue weighted by atomic mass is 10.0. The van der Waals surface area contributed by atoms with E-state index in [1.807, 2.05) is 0 Å². The van der Waals surface area contributed by atoms with Crippen LogP contribution in [0.25, 0.3) is 0 Å². The van der Waals surface area contributed by atoms with Crippen molar-refractivity contribution in [3.63, 3.8) is 0 Å². The molecule has 0 bridgehead atoms. The third kappa shape index (κ3) is 13.0. The molecule has 1 aliphatic rings. The second kappa shape index (κ2) is 13.3. The molecule has 21 heavy (non-hydrogen) atoms. The molecule has 0 heterocycles. The number of ketones is 1. The zero-order valence-electron chi connectivity index (χ0n) is 14.2. The summed E-state index contributed by atoms with van der Waals surface area (Å²) in [6.45, 7) is 3.43. The van der Waals surface area contributed by atoms with Crippen LogP contribution in [0.3, 0.4) is 0 Å². The Labute approximate surface area is 132 Å². The summed E-state index contributed by atoms with van der Waals surface area (Å²) < 4.78 is 5.42. The van der Waals surface area contributed by atoms with Gasteiger partial charge in [-0.2, -0.15) is 0 Å². The summed E-state index contributed by atoms with van der Waals surface area (Å²) in [4.78, 5) is 11.6. The molecule has 1 aliphatic carbocycles. The van der Waals surface area contributed by atoms with Gasteiger partial charge in [0, 0.05) is 13.0 Å². The molecular weight excluding hydrogens is 260 g/mol. The van der Waals surface area contributed by atoms with Crippen molar-refractivity contribution in [3.8, 4) is 0 Å². The zero-order valence-corrected chi connectivity index (χ0v) is 14.2. The number of hydrogen-bond acceptors (Lipinski definition) is 2. The molecule has 0 aromatic carbocycles. The van der Waals surface area contributed by atoms with Crippen molar-refractivity contribution in [3.05, 3.63) is 0 Å². The molecule has 0 aliphatic heterocycles. The fourth-order valence-electron chi connectivity index (χ4n) is 2.68. The van der Waals surface area contributed by atoms with Crippen LogP contribution in [0.15, 0.2) is 0 Å². The van der Waals surface area contributed by atoms with E-state index in [9.17, 15) is 4.79 Å². The molecule has 0 spiro atoms. The summed E-state index contributed by atoms with van der Waals surface area (Å²) in [5.41, 5.74) is 0. The molecule has 0 atom stereocenters. The Morgan fingerprint density at radius 1 is 0.857 bits per heavy atom. The van der Waals surface area contributed by atoms with E-state index < -0.39 is 0 Å². The topological polar surface area (TPSA) is 26.3 Å². The van der Waals surface area contributed by atoms with Crippen molar-refractivity contribution in [1.82, 2.24) is 0 Å². The van der Waals surface area contributed by atoms with Crippen LogP contribution in [0.4, 0.5) is 0 Å². The fourth-order valence-corrected chi connectivity index (χ4v) is 2.68. The monoisotopic (exact) mass is 296 g/mol. The van der Waals surface area contributed by atoms with Crippen molar-refractivity contribution < 1.29 is 9.53 Å². The lowest BCUT2D eigenvalue weighted by Gasteiger charge is -2.04. The minimum Gasteiger partial charge on any atom is -0.373 e. The number of carbonyl (C=O) groups excluding carboxylic acids is 1. The number of rotatable bonds is 16. The van der Waals surface area contributed by atoms with Crippen LogP contribution in [-0.2, 0) is 9.53 Å². The van der Waals surface area contributed by atoms with Gasteiger partial charge >= 0.3 is 0 Å². The Kier molecular flexibility index (Phi) is 11.8. The summed E-state index contributed by atoms with van der Waals surface area (Å²) >= 11 is 0. The lowest BCUT2D eigenvalue weighted by Crippen LogP contribution is -2.09. The normalized spacial score (nSPS) is 14.5. The largest absolute Gasteiger partial charge is 0.373 e. The highest BCUT2D eigenvalue weighted by Crippen LogP contribution is 2.28. The molecule has 0 saturated heterocycles. The van der Waals surface area contributed by atoms with Crippen LogP contribution in [-0.4, -0.2) is 19.0 Å². The molecule has 0 amide bonds. The number of hydrogen-bond donors (Lipinski definition) is 0. The van der Waals surface area contributed by atoms with E-state index in [1.165, 1.54) is 77.0 Å². The van der Waals surface area contributed by atoms with Gasteiger partial charge in [0.25, 0.3) is 0 Å². The van der Waals surface area contributed by atoms with Gasteiger partial charge < -0.3 is 4.74 Å². The first-order valence-corrected chi connectivity index (χ1v) is 9.42. The minimum absolute atomic E-state index is 0.298. The number of ether oxygens (including phenoxy) is 1. The van der Waals surface area contributed by atoms with Crippen LogP contribution >= 0.6 is 0 Å². The molecule has 1 rings (SSSR count). The van der Waals surface area contributed by atoms with Crippen LogP contribution in [0.5, 0.6) is 0 Å². The van der Waals surface area contributed by atoms with E-state index in [1.54, 1.807) is 0 Å². The molecule has 0 N–H and O–H groups in total. The average Bonchev–Trinajstić information content (AvgIpc) is 3.29. The van der Waals surface area contributed by atoms with Crippen LogP contribution in [0, 0.1) is 5.92 Å². The summed E-state index contributed by atoms with van der Waals surface area (Å²) in [5.74, 6) is 1.06. The highest BCUT2D eigenvalue weighted by Gasteiger charge is 2.21. The zero-order chi connectivity index (χ0) is 15.2. The summed E-state index contributed by atoms with van der Waals surface area (Å²) in [6, 6.07) is 0. The molecule has 1 fully saturated rings. The van der Waals surface area contributed by atoms with Gasteiger partial charge in [-0.3, -0.25) is 4.79 Å². The number of carbonyl (C=O) groups is 1. The van der Waals surface area contributed by atoms with Gasteiger partial charge in [-0.25, -0.2) is 0 Å². The van der Waals surface area contributed by atoms with Crippen LogP contribution < -0.4 is 0 Å². The van der Waals surface area contributed by atoms with E-state index in [4.69, 9.17) is 4.74 Å². The molecule has 2 heteroatoms. The second-order valence-electron chi connectivity index (χ2n) is 6.78. The molecule has 124 valence electrons. The highest BCUT2D eigenvalue weighted by molar-refractivity contribution is 5.79. The van der Waals surface area contributed by atoms with Gasteiger partial charge in [-0.05, 0) is 25.2 Å². The van der Waals surface area contributed by atoms with E-state index in [0.717, 1.165) is 25.4 Å². The van der Waals surface area contributed by atoms with Crippen molar-refractivity contribution >= 4 is 5.78 Å². The second-order valence-corrected chi connectivity index (χ2v) is 6.78.